The number of carbonyl (C=O) groups excluding carboxylic acids is 2. The summed E-state index contributed by atoms with van der Waals surface area (Å²) in [6.07, 6.45) is 6.29. The number of hydrogen-bond acceptors (Lipinski definition) is 6. The number of ether oxygens (including phenoxy) is 1. The number of thiazole rings is 1. The molecule has 1 saturated carbocycles. The first-order chi connectivity index (χ1) is 17.5. The molecule has 3 atom stereocenters. The topological polar surface area (TPSA) is 95.0 Å². The van der Waals surface area contributed by atoms with Crippen molar-refractivity contribution in [3.05, 3.63) is 45.9 Å². The fourth-order valence-electron chi connectivity index (χ4n) is 5.96. The molecule has 2 saturated heterocycles. The van der Waals surface area contributed by atoms with Gasteiger partial charge in [-0.3, -0.25) is 4.79 Å². The first kappa shape index (κ1) is 25.0. The molecule has 2 N–H and O–H groups in total. The van der Waals surface area contributed by atoms with Gasteiger partial charge < -0.3 is 25.0 Å². The van der Waals surface area contributed by atoms with E-state index in [1.165, 1.54) is 0 Å². The highest BCUT2D eigenvalue weighted by Crippen LogP contribution is 2.37. The van der Waals surface area contributed by atoms with Crippen LogP contribution in [0.4, 0.5) is 4.79 Å². The van der Waals surface area contributed by atoms with Crippen molar-refractivity contribution in [2.75, 3.05) is 26.7 Å². The van der Waals surface area contributed by atoms with Crippen LogP contribution in [0.1, 0.15) is 71.9 Å². The number of aliphatic hydroxyl groups excluding tert-OH is 1. The summed E-state index contributed by atoms with van der Waals surface area (Å²) in [6.45, 7) is 2.44. The number of fused-ring (bicyclic) bond motifs is 1. The maximum absolute atomic E-state index is 13.3. The van der Waals surface area contributed by atoms with Crippen molar-refractivity contribution in [2.24, 2.45) is 5.92 Å². The summed E-state index contributed by atoms with van der Waals surface area (Å²) in [5.74, 6) is 1.28. The van der Waals surface area contributed by atoms with Crippen molar-refractivity contribution in [3.8, 4) is 5.75 Å². The number of aromatic nitrogens is 1. The fourth-order valence-corrected chi connectivity index (χ4v) is 6.93. The molecule has 2 aliphatic heterocycles. The number of rotatable bonds is 5. The predicted octanol–water partition coefficient (Wildman–Crippen LogP) is 4.01. The molecule has 194 valence electrons. The van der Waals surface area contributed by atoms with Crippen molar-refractivity contribution >= 4 is 23.3 Å². The van der Waals surface area contributed by atoms with E-state index in [0.717, 1.165) is 54.8 Å². The van der Waals surface area contributed by atoms with Gasteiger partial charge in [0.1, 0.15) is 11.4 Å². The zero-order valence-corrected chi connectivity index (χ0v) is 21.7. The van der Waals surface area contributed by atoms with Gasteiger partial charge in [0.25, 0.3) is 5.91 Å². The predicted molar refractivity (Wildman–Crippen MR) is 138 cm³/mol. The van der Waals surface area contributed by atoms with E-state index in [0.29, 0.717) is 38.3 Å². The van der Waals surface area contributed by atoms with Gasteiger partial charge in [0.15, 0.2) is 0 Å². The first-order valence-corrected chi connectivity index (χ1v) is 14.0. The molecule has 8 nitrogen and oxygen atoms in total. The van der Waals surface area contributed by atoms with Gasteiger partial charge >= 0.3 is 6.03 Å². The van der Waals surface area contributed by atoms with Crippen LogP contribution < -0.4 is 10.1 Å². The molecule has 1 aliphatic carbocycles. The molecule has 3 aliphatic rings. The number of likely N-dealkylation sites (tertiary alicyclic amines) is 2. The number of piperidine rings is 2. The van der Waals surface area contributed by atoms with Crippen LogP contribution in [-0.4, -0.2) is 70.7 Å². The maximum Gasteiger partial charge on any atom is 0.317 e. The van der Waals surface area contributed by atoms with E-state index < -0.39 is 0 Å². The molecular formula is C27H36N4O4S. The second-order valence-corrected chi connectivity index (χ2v) is 11.1. The zero-order valence-electron chi connectivity index (χ0n) is 20.9. The Morgan fingerprint density at radius 1 is 1.08 bits per heavy atom. The lowest BCUT2D eigenvalue weighted by Gasteiger charge is -2.46. The Morgan fingerprint density at radius 2 is 1.83 bits per heavy atom. The van der Waals surface area contributed by atoms with E-state index in [2.05, 4.69) is 5.32 Å². The van der Waals surface area contributed by atoms with Gasteiger partial charge in [-0.1, -0.05) is 25.0 Å². The van der Waals surface area contributed by atoms with Crippen molar-refractivity contribution in [3.63, 3.8) is 0 Å². The summed E-state index contributed by atoms with van der Waals surface area (Å²) in [4.78, 5) is 34.6. The lowest BCUT2D eigenvalue weighted by Crippen LogP contribution is -2.54. The molecule has 5 rings (SSSR count). The maximum atomic E-state index is 13.3. The molecule has 2 aromatic rings. The van der Waals surface area contributed by atoms with Gasteiger partial charge in [-0.05, 0) is 49.8 Å². The van der Waals surface area contributed by atoms with E-state index in [-0.39, 0.29) is 35.9 Å². The number of urea groups is 1. The molecule has 3 unspecified atom stereocenters. The van der Waals surface area contributed by atoms with Gasteiger partial charge in [0, 0.05) is 49.4 Å². The number of carbonyl (C=O) groups is 2. The summed E-state index contributed by atoms with van der Waals surface area (Å²) in [7, 11) is 1.64. The van der Waals surface area contributed by atoms with E-state index >= 15 is 0 Å². The minimum Gasteiger partial charge on any atom is -0.497 e. The third kappa shape index (κ3) is 5.37. The van der Waals surface area contributed by atoms with Crippen LogP contribution in [0.25, 0.3) is 0 Å². The number of aliphatic hydroxyl groups is 1. The Morgan fingerprint density at radius 3 is 2.58 bits per heavy atom. The van der Waals surface area contributed by atoms with Crippen LogP contribution in [0.3, 0.4) is 0 Å². The Kier molecular flexibility index (Phi) is 7.76. The van der Waals surface area contributed by atoms with Crippen molar-refractivity contribution in [1.29, 1.82) is 0 Å². The molecule has 0 bridgehead atoms. The van der Waals surface area contributed by atoms with E-state index in [1.54, 1.807) is 18.4 Å². The van der Waals surface area contributed by atoms with Gasteiger partial charge in [0.2, 0.25) is 0 Å². The smallest absolute Gasteiger partial charge is 0.317 e. The molecule has 9 heteroatoms. The molecule has 0 spiro atoms. The van der Waals surface area contributed by atoms with Gasteiger partial charge in [-0.2, -0.15) is 0 Å². The van der Waals surface area contributed by atoms with E-state index in [4.69, 9.17) is 9.72 Å². The normalized spacial score (nSPS) is 24.8. The van der Waals surface area contributed by atoms with Crippen LogP contribution in [0.5, 0.6) is 5.75 Å². The highest BCUT2D eigenvalue weighted by atomic mass is 32.1. The quantitative estimate of drug-likeness (QED) is 0.631. The molecule has 1 aromatic carbocycles. The molecule has 36 heavy (non-hydrogen) atoms. The Hall–Kier alpha value is -2.65. The van der Waals surface area contributed by atoms with Crippen LogP contribution >= 0.6 is 11.3 Å². The number of nitrogens with one attached hydrogen (secondary N) is 1. The van der Waals surface area contributed by atoms with Crippen molar-refractivity contribution in [2.45, 2.75) is 69.6 Å². The summed E-state index contributed by atoms with van der Waals surface area (Å²) in [6, 6.07) is 7.78. The van der Waals surface area contributed by atoms with Crippen LogP contribution in [0, 0.1) is 5.92 Å². The van der Waals surface area contributed by atoms with Gasteiger partial charge in [-0.15, -0.1) is 11.3 Å². The van der Waals surface area contributed by atoms with Crippen molar-refractivity contribution < 1.29 is 19.4 Å². The van der Waals surface area contributed by atoms with Crippen molar-refractivity contribution in [1.82, 2.24) is 20.1 Å². The average molecular weight is 513 g/mol. The number of amides is 3. The highest BCUT2D eigenvalue weighted by molar-refractivity contribution is 7.09. The summed E-state index contributed by atoms with van der Waals surface area (Å²) in [5.41, 5.74) is 1.57. The number of benzene rings is 1. The highest BCUT2D eigenvalue weighted by Gasteiger charge is 2.41. The number of nitrogens with zero attached hydrogens (tertiary/aromatic N) is 3. The average Bonchev–Trinajstić information content (AvgIpc) is 3.43. The minimum atomic E-state index is -0.288. The third-order valence-electron chi connectivity index (χ3n) is 8.08. The second kappa shape index (κ2) is 11.2. The summed E-state index contributed by atoms with van der Waals surface area (Å²) < 4.78 is 5.18. The monoisotopic (exact) mass is 512 g/mol. The lowest BCUT2D eigenvalue weighted by atomic mass is 9.76. The molecule has 1 aromatic heterocycles. The fraction of sp³-hybridized carbons (Fsp3) is 0.593. The zero-order chi connectivity index (χ0) is 25.1. The summed E-state index contributed by atoms with van der Waals surface area (Å²) in [5, 5.41) is 16.3. The summed E-state index contributed by atoms with van der Waals surface area (Å²) >= 11 is 1.56. The molecule has 0 radical (unpaired) electrons. The molecule has 3 heterocycles. The molecule has 3 fully saturated rings. The Balaban J connectivity index is 1.13. The number of methoxy groups -OCH3 is 1. The van der Waals surface area contributed by atoms with Crippen LogP contribution in [0.2, 0.25) is 0 Å². The van der Waals surface area contributed by atoms with Gasteiger partial charge in [0.05, 0.1) is 18.2 Å². The Labute approximate surface area is 216 Å². The first-order valence-electron chi connectivity index (χ1n) is 13.1. The largest absolute Gasteiger partial charge is 0.497 e. The van der Waals surface area contributed by atoms with E-state index in [1.807, 2.05) is 39.4 Å². The van der Waals surface area contributed by atoms with Crippen LogP contribution in [0.15, 0.2) is 29.6 Å². The SMILES string of the molecule is COc1ccc(CNC(=O)N2CCC(c3nc(C(=O)N4CCC(O)C5CCCCC54)cs3)CC2)cc1. The standard InChI is InChI=1S/C27H36N4O4S/c1-35-20-8-6-18(7-9-20)16-28-27(34)30-13-10-19(11-14-30)25-29-22(17-36-25)26(33)31-15-12-24(32)21-4-2-3-5-23(21)31/h6-9,17,19,21,23-24,32H,2-5,10-16H2,1H3,(H,28,34). The van der Waals surface area contributed by atoms with Crippen LogP contribution in [-0.2, 0) is 6.54 Å². The third-order valence-corrected chi connectivity index (χ3v) is 9.09. The lowest BCUT2D eigenvalue weighted by molar-refractivity contribution is -0.0264. The Bertz CT molecular complexity index is 1050. The van der Waals surface area contributed by atoms with Gasteiger partial charge in [-0.25, -0.2) is 9.78 Å². The molecular weight excluding hydrogens is 476 g/mol. The second-order valence-electron chi connectivity index (χ2n) is 10.2. The molecule has 3 amide bonds. The van der Waals surface area contributed by atoms with E-state index in [9.17, 15) is 14.7 Å². The minimum absolute atomic E-state index is 0.0108. The number of hydrogen-bond donors (Lipinski definition) is 2.